The Balaban J connectivity index is 0.000000404. The van der Waals surface area contributed by atoms with Crippen molar-refractivity contribution in [2.45, 2.75) is 51.9 Å². The Morgan fingerprint density at radius 2 is 1.15 bits per heavy atom. The van der Waals surface area contributed by atoms with E-state index in [2.05, 4.69) is 0 Å². The fourth-order valence-electron chi connectivity index (χ4n) is 2.40. The fourth-order valence-corrected chi connectivity index (χ4v) is 2.88. The molecule has 0 saturated heterocycles. The number of rotatable bonds is 1. The number of benzene rings is 2. The lowest BCUT2D eigenvalue weighted by molar-refractivity contribution is 0.483. The van der Waals surface area contributed by atoms with Crippen molar-refractivity contribution in [2.24, 2.45) is 0 Å². The number of nitrogens with two attached hydrogens (primary N) is 3. The van der Waals surface area contributed by atoms with Gasteiger partial charge in [-0.15, -0.1) is 0 Å². The third kappa shape index (κ3) is 6.93. The fraction of sp³-hybridized carbons (Fsp3) is 0.368. The second-order valence-electron chi connectivity index (χ2n) is 5.10. The van der Waals surface area contributed by atoms with Gasteiger partial charge < -0.3 is 17.2 Å². The molecule has 0 amide bonds. The van der Waals surface area contributed by atoms with Crippen LogP contribution in [-0.2, 0) is 23.0 Å². The summed E-state index contributed by atoms with van der Waals surface area (Å²) in [5.74, 6) is 0. The first-order chi connectivity index (χ1) is 12.3. The number of fused-ring (bicyclic) bond motifs is 1. The molecule has 3 rings (SSSR count). The highest BCUT2D eigenvalue weighted by atomic mass is 32.2. The van der Waals surface area contributed by atoms with Gasteiger partial charge in [-0.1, -0.05) is 27.7 Å². The van der Waals surface area contributed by atoms with Crippen LogP contribution in [0.2, 0.25) is 0 Å². The highest BCUT2D eigenvalue weighted by molar-refractivity contribution is 7.85. The summed E-state index contributed by atoms with van der Waals surface area (Å²) in [5, 5.41) is 0. The van der Waals surface area contributed by atoms with Gasteiger partial charge in [0.1, 0.15) is 0 Å². The second-order valence-corrected chi connectivity index (χ2v) is 6.52. The molecule has 0 unspecified atom stereocenters. The molecule has 7 heteroatoms. The Labute approximate surface area is 157 Å². The molecule has 0 atom stereocenters. The zero-order valence-corrected chi connectivity index (χ0v) is 16.8. The lowest BCUT2D eigenvalue weighted by Gasteiger charge is -2.05. The SMILES string of the molecule is CC.CC.Nc1ccc(N)c2c1CCC2.Nc1ccc(S(=O)(=O)O)cc1. The van der Waals surface area contributed by atoms with Crippen LogP contribution in [0.15, 0.2) is 41.3 Å². The van der Waals surface area contributed by atoms with Crippen molar-refractivity contribution in [1.82, 2.24) is 0 Å². The maximum Gasteiger partial charge on any atom is 0.294 e. The van der Waals surface area contributed by atoms with E-state index in [9.17, 15) is 8.42 Å². The summed E-state index contributed by atoms with van der Waals surface area (Å²) in [7, 11) is -4.08. The summed E-state index contributed by atoms with van der Waals surface area (Å²) < 4.78 is 29.4. The number of nitrogen functional groups attached to an aromatic ring is 3. The van der Waals surface area contributed by atoms with E-state index in [1.807, 2.05) is 39.8 Å². The molecule has 1 aliphatic carbocycles. The lowest BCUT2D eigenvalue weighted by atomic mass is 10.1. The molecular formula is C19H31N3O3S. The molecule has 0 saturated carbocycles. The quantitative estimate of drug-likeness (QED) is 0.437. The monoisotopic (exact) mass is 381 g/mol. The summed E-state index contributed by atoms with van der Waals surface area (Å²) in [5.41, 5.74) is 21.7. The van der Waals surface area contributed by atoms with E-state index in [4.69, 9.17) is 21.8 Å². The molecule has 0 aromatic heterocycles. The highest BCUT2D eigenvalue weighted by Gasteiger charge is 2.15. The van der Waals surface area contributed by atoms with Crippen molar-refractivity contribution in [3.8, 4) is 0 Å². The maximum atomic E-state index is 10.5. The third-order valence-electron chi connectivity index (χ3n) is 3.54. The van der Waals surface area contributed by atoms with Crippen molar-refractivity contribution in [1.29, 1.82) is 0 Å². The Morgan fingerprint density at radius 3 is 1.50 bits per heavy atom. The standard InChI is InChI=1S/C9H12N2.C6H7NO3S.2C2H6/c10-8-4-5-9(11)7-3-1-2-6(7)8;7-5-1-3-6(4-2-5)11(8,9)10;2*1-2/h4-5H,1-3,10-11H2;1-4H,7H2,(H,8,9,10);2*1-2H3. The minimum atomic E-state index is -4.08. The Morgan fingerprint density at radius 1 is 0.769 bits per heavy atom. The van der Waals surface area contributed by atoms with Crippen LogP contribution in [0.25, 0.3) is 0 Å². The molecule has 6 nitrogen and oxygen atoms in total. The zero-order valence-electron chi connectivity index (χ0n) is 16.0. The van der Waals surface area contributed by atoms with E-state index >= 15 is 0 Å². The normalized spacial score (nSPS) is 11.6. The van der Waals surface area contributed by atoms with Crippen LogP contribution in [0, 0.1) is 0 Å². The van der Waals surface area contributed by atoms with Crippen LogP contribution in [0.4, 0.5) is 17.1 Å². The number of hydrogen-bond donors (Lipinski definition) is 4. The summed E-state index contributed by atoms with van der Waals surface area (Å²) in [4.78, 5) is -0.147. The Hall–Kier alpha value is -2.25. The van der Waals surface area contributed by atoms with Crippen molar-refractivity contribution in [3.05, 3.63) is 47.5 Å². The first-order valence-corrected chi connectivity index (χ1v) is 10.2. The molecule has 2 aromatic rings. The molecule has 0 heterocycles. The van der Waals surface area contributed by atoms with Crippen LogP contribution in [0.5, 0.6) is 0 Å². The van der Waals surface area contributed by atoms with Gasteiger partial charge in [0.05, 0.1) is 4.90 Å². The first kappa shape index (κ1) is 23.8. The van der Waals surface area contributed by atoms with E-state index in [-0.39, 0.29) is 4.90 Å². The molecule has 7 N–H and O–H groups in total. The minimum absolute atomic E-state index is 0.147. The van der Waals surface area contributed by atoms with Gasteiger partial charge in [-0.25, -0.2) is 0 Å². The lowest BCUT2D eigenvalue weighted by Crippen LogP contribution is -1.97. The van der Waals surface area contributed by atoms with Crippen LogP contribution in [0.3, 0.4) is 0 Å². The third-order valence-corrected chi connectivity index (χ3v) is 4.40. The summed E-state index contributed by atoms with van der Waals surface area (Å²) in [6, 6.07) is 9.10. The van der Waals surface area contributed by atoms with Gasteiger partial charge in [0.2, 0.25) is 0 Å². The second kappa shape index (κ2) is 11.4. The topological polar surface area (TPSA) is 132 Å². The van der Waals surface area contributed by atoms with Gasteiger partial charge >= 0.3 is 0 Å². The summed E-state index contributed by atoms with van der Waals surface area (Å²) in [6.07, 6.45) is 3.41. The minimum Gasteiger partial charge on any atom is -0.399 e. The largest absolute Gasteiger partial charge is 0.399 e. The average molecular weight is 382 g/mol. The van der Waals surface area contributed by atoms with Crippen molar-refractivity contribution in [3.63, 3.8) is 0 Å². The number of anilines is 3. The van der Waals surface area contributed by atoms with Crippen LogP contribution in [0.1, 0.15) is 45.2 Å². The molecule has 26 heavy (non-hydrogen) atoms. The Bertz CT molecular complexity index is 744. The maximum absolute atomic E-state index is 10.5. The first-order valence-electron chi connectivity index (χ1n) is 8.78. The molecule has 0 fully saturated rings. The smallest absolute Gasteiger partial charge is 0.294 e. The Kier molecular flexibility index (Phi) is 10.4. The van der Waals surface area contributed by atoms with E-state index < -0.39 is 10.1 Å². The molecule has 0 spiro atoms. The molecule has 2 aromatic carbocycles. The molecule has 1 aliphatic rings. The molecular weight excluding hydrogens is 350 g/mol. The predicted octanol–water partition coefficient (Wildman–Crippen LogP) is 3.91. The van der Waals surface area contributed by atoms with E-state index in [0.717, 1.165) is 24.2 Å². The van der Waals surface area contributed by atoms with Gasteiger partial charge in [-0.05, 0) is 66.8 Å². The highest BCUT2D eigenvalue weighted by Crippen LogP contribution is 2.31. The van der Waals surface area contributed by atoms with Gasteiger partial charge in [-0.2, -0.15) is 8.42 Å². The summed E-state index contributed by atoms with van der Waals surface area (Å²) in [6.45, 7) is 8.00. The molecule has 146 valence electrons. The number of hydrogen-bond acceptors (Lipinski definition) is 5. The van der Waals surface area contributed by atoms with Crippen LogP contribution < -0.4 is 17.2 Å². The van der Waals surface area contributed by atoms with Gasteiger partial charge in [0.25, 0.3) is 10.1 Å². The van der Waals surface area contributed by atoms with E-state index in [1.165, 1.54) is 41.8 Å². The predicted molar refractivity (Wildman–Crippen MR) is 111 cm³/mol. The van der Waals surface area contributed by atoms with Crippen molar-refractivity contribution in [2.75, 3.05) is 17.2 Å². The molecule has 0 radical (unpaired) electrons. The van der Waals surface area contributed by atoms with Gasteiger partial charge in [0.15, 0.2) is 0 Å². The zero-order chi connectivity index (χ0) is 20.3. The molecule has 0 aliphatic heterocycles. The van der Waals surface area contributed by atoms with Gasteiger partial charge in [0, 0.05) is 17.1 Å². The van der Waals surface area contributed by atoms with E-state index in [1.54, 1.807) is 0 Å². The molecule has 0 bridgehead atoms. The van der Waals surface area contributed by atoms with Crippen molar-refractivity contribution < 1.29 is 13.0 Å². The van der Waals surface area contributed by atoms with E-state index in [0.29, 0.717) is 5.69 Å². The van der Waals surface area contributed by atoms with Gasteiger partial charge in [-0.3, -0.25) is 4.55 Å². The van der Waals surface area contributed by atoms with Crippen LogP contribution >= 0.6 is 0 Å². The average Bonchev–Trinajstić information content (AvgIpc) is 3.13. The summed E-state index contributed by atoms with van der Waals surface area (Å²) >= 11 is 0. The van der Waals surface area contributed by atoms with Crippen LogP contribution in [-0.4, -0.2) is 13.0 Å². The van der Waals surface area contributed by atoms with Crippen molar-refractivity contribution >= 4 is 27.2 Å².